The molecule has 1 aliphatic carbocycles. The zero-order chi connectivity index (χ0) is 20.8. The molecule has 2 N–H and O–H groups in total. The molecule has 0 radical (unpaired) electrons. The number of carbonyl (C=O) groups is 1. The van der Waals surface area contributed by atoms with Gasteiger partial charge in [0.1, 0.15) is 17.7 Å². The molecule has 4 rings (SSSR count). The number of benzene rings is 1. The Labute approximate surface area is 178 Å². The molecule has 2 fully saturated rings. The third-order valence-electron chi connectivity index (χ3n) is 6.01. The number of carbonyl (C=O) groups excluding carboxylic acids is 1. The molecule has 2 unspecified atom stereocenters. The van der Waals surface area contributed by atoms with E-state index in [4.69, 9.17) is 4.74 Å². The lowest BCUT2D eigenvalue weighted by Gasteiger charge is -2.28. The van der Waals surface area contributed by atoms with Gasteiger partial charge in [0.2, 0.25) is 0 Å². The number of ether oxygens (including phenoxy) is 1. The van der Waals surface area contributed by atoms with Crippen molar-refractivity contribution >= 4 is 17.4 Å². The van der Waals surface area contributed by atoms with E-state index in [0.717, 1.165) is 44.6 Å². The summed E-state index contributed by atoms with van der Waals surface area (Å²) in [7, 11) is 0. The fraction of sp³-hybridized carbons (Fsp3) is 0.500. The predicted octanol–water partition coefficient (Wildman–Crippen LogP) is 4.40. The van der Waals surface area contributed by atoms with Crippen LogP contribution in [0.3, 0.4) is 0 Å². The molecular weight excluding hydrogens is 378 g/mol. The average molecular weight is 410 g/mol. The van der Waals surface area contributed by atoms with E-state index in [1.807, 2.05) is 36.4 Å². The van der Waals surface area contributed by atoms with Gasteiger partial charge in [-0.1, -0.05) is 19.3 Å². The monoisotopic (exact) mass is 409 g/mol. The van der Waals surface area contributed by atoms with E-state index in [-0.39, 0.29) is 12.0 Å². The summed E-state index contributed by atoms with van der Waals surface area (Å²) in [5.41, 5.74) is 1.24. The minimum Gasteiger partial charge on any atom is -0.488 e. The van der Waals surface area contributed by atoms with Crippen LogP contribution in [0, 0.1) is 0 Å². The molecule has 2 atom stereocenters. The molecule has 6 nitrogen and oxygen atoms in total. The minimum atomic E-state index is -0.400. The van der Waals surface area contributed by atoms with E-state index in [1.54, 1.807) is 6.20 Å². The first-order valence-corrected chi connectivity index (χ1v) is 11.2. The van der Waals surface area contributed by atoms with Crippen LogP contribution in [0.1, 0.15) is 61.7 Å². The molecule has 1 saturated heterocycles. The van der Waals surface area contributed by atoms with Crippen molar-refractivity contribution in [2.75, 3.05) is 23.3 Å². The molecule has 0 spiro atoms. The van der Waals surface area contributed by atoms with Crippen LogP contribution in [-0.2, 0) is 0 Å². The fourth-order valence-corrected chi connectivity index (χ4v) is 4.22. The maximum absolute atomic E-state index is 12.6. The van der Waals surface area contributed by atoms with Crippen LogP contribution in [0.15, 0.2) is 42.6 Å². The third kappa shape index (κ3) is 5.30. The molecule has 1 aromatic heterocycles. The smallest absolute Gasteiger partial charge is 0.257 e. The van der Waals surface area contributed by atoms with Gasteiger partial charge < -0.3 is 20.1 Å². The van der Waals surface area contributed by atoms with Crippen molar-refractivity contribution in [2.24, 2.45) is 0 Å². The van der Waals surface area contributed by atoms with Crippen LogP contribution < -0.4 is 15.0 Å². The summed E-state index contributed by atoms with van der Waals surface area (Å²) in [6.07, 6.45) is 9.87. The number of hydrogen-bond acceptors (Lipinski definition) is 5. The van der Waals surface area contributed by atoms with E-state index >= 15 is 0 Å². The van der Waals surface area contributed by atoms with E-state index < -0.39 is 6.10 Å². The van der Waals surface area contributed by atoms with Crippen molar-refractivity contribution < 1.29 is 14.6 Å². The molecule has 1 amide bonds. The van der Waals surface area contributed by atoms with Crippen LogP contribution in [0.25, 0.3) is 0 Å². The largest absolute Gasteiger partial charge is 0.488 e. The van der Waals surface area contributed by atoms with E-state index in [9.17, 15) is 9.90 Å². The normalized spacial score (nSPS) is 22.2. The molecule has 30 heavy (non-hydrogen) atoms. The van der Waals surface area contributed by atoms with E-state index in [2.05, 4.69) is 15.2 Å². The Hall–Kier alpha value is -2.60. The third-order valence-corrected chi connectivity index (χ3v) is 6.01. The second-order valence-corrected chi connectivity index (χ2v) is 8.29. The van der Waals surface area contributed by atoms with Crippen LogP contribution in [0.4, 0.5) is 11.5 Å². The Morgan fingerprint density at radius 3 is 2.37 bits per heavy atom. The second kappa shape index (κ2) is 9.94. The Morgan fingerprint density at radius 1 is 0.967 bits per heavy atom. The highest BCUT2D eigenvalue weighted by atomic mass is 16.5. The highest BCUT2D eigenvalue weighted by molar-refractivity contribution is 6.04. The number of aromatic nitrogens is 1. The van der Waals surface area contributed by atoms with Crippen molar-refractivity contribution in [3.63, 3.8) is 0 Å². The molecule has 1 aliphatic heterocycles. The van der Waals surface area contributed by atoms with Gasteiger partial charge in [0.25, 0.3) is 5.91 Å². The zero-order valence-corrected chi connectivity index (χ0v) is 17.4. The summed E-state index contributed by atoms with van der Waals surface area (Å²) in [6.45, 7) is 2.07. The number of nitrogens with zero attached hydrogens (tertiary/aromatic N) is 2. The number of rotatable bonds is 5. The van der Waals surface area contributed by atoms with Gasteiger partial charge in [0.05, 0.1) is 11.7 Å². The minimum absolute atomic E-state index is 0.145. The quantitative estimate of drug-likeness (QED) is 0.766. The second-order valence-electron chi connectivity index (χ2n) is 8.29. The lowest BCUT2D eigenvalue weighted by Crippen LogP contribution is -2.34. The lowest BCUT2D eigenvalue weighted by atomic mass is 9.95. The number of nitrogens with one attached hydrogen (secondary N) is 1. The molecule has 6 heteroatoms. The summed E-state index contributed by atoms with van der Waals surface area (Å²) >= 11 is 0. The standard InChI is InChI=1S/C24H31N3O3/c28-21-7-3-4-8-22(21)30-20-12-10-19(11-13-20)26-24(29)18-9-14-23(25-17-18)27-15-5-1-2-6-16-27/h9-14,17,21-22,28H,1-8,15-16H2,(H,26,29). The number of hydrogen-bond donors (Lipinski definition) is 2. The first-order chi connectivity index (χ1) is 14.7. The van der Waals surface area contributed by atoms with Crippen molar-refractivity contribution in [1.29, 1.82) is 0 Å². The first kappa shape index (κ1) is 20.7. The Kier molecular flexibility index (Phi) is 6.84. The topological polar surface area (TPSA) is 74.7 Å². The molecule has 2 aliphatic rings. The van der Waals surface area contributed by atoms with Gasteiger partial charge >= 0.3 is 0 Å². The van der Waals surface area contributed by atoms with E-state index in [0.29, 0.717) is 17.0 Å². The zero-order valence-electron chi connectivity index (χ0n) is 17.4. The van der Waals surface area contributed by atoms with Gasteiger partial charge in [-0.15, -0.1) is 0 Å². The van der Waals surface area contributed by atoms with Crippen molar-refractivity contribution in [3.05, 3.63) is 48.2 Å². The Morgan fingerprint density at radius 2 is 1.70 bits per heavy atom. The number of pyridine rings is 1. The SMILES string of the molecule is O=C(Nc1ccc(OC2CCCCC2O)cc1)c1ccc(N2CCCCCC2)nc1. The summed E-state index contributed by atoms with van der Waals surface area (Å²) in [4.78, 5) is 19.4. The summed E-state index contributed by atoms with van der Waals surface area (Å²) in [6, 6.07) is 11.1. The highest BCUT2D eigenvalue weighted by Crippen LogP contribution is 2.25. The van der Waals surface area contributed by atoms with Crippen molar-refractivity contribution in [3.8, 4) is 5.75 Å². The molecular formula is C24H31N3O3. The first-order valence-electron chi connectivity index (χ1n) is 11.2. The molecule has 0 bridgehead atoms. The number of amides is 1. The molecule has 1 aromatic carbocycles. The highest BCUT2D eigenvalue weighted by Gasteiger charge is 2.24. The summed E-state index contributed by atoms with van der Waals surface area (Å²) < 4.78 is 5.91. The van der Waals surface area contributed by atoms with Gasteiger partial charge in [-0.3, -0.25) is 4.79 Å². The van der Waals surface area contributed by atoms with E-state index in [1.165, 1.54) is 25.7 Å². The van der Waals surface area contributed by atoms with Gasteiger partial charge in [-0.25, -0.2) is 4.98 Å². The molecule has 2 heterocycles. The lowest BCUT2D eigenvalue weighted by molar-refractivity contribution is 0.00688. The van der Waals surface area contributed by atoms with Crippen molar-refractivity contribution in [2.45, 2.75) is 63.6 Å². The summed E-state index contributed by atoms with van der Waals surface area (Å²) in [5, 5.41) is 13.0. The molecule has 2 aromatic rings. The van der Waals surface area contributed by atoms with Crippen LogP contribution in [0.2, 0.25) is 0 Å². The Bertz CT molecular complexity index is 815. The maximum Gasteiger partial charge on any atom is 0.257 e. The van der Waals surface area contributed by atoms with Gasteiger partial charge in [0.15, 0.2) is 0 Å². The maximum atomic E-state index is 12.6. The van der Waals surface area contributed by atoms with Crippen molar-refractivity contribution in [1.82, 2.24) is 4.98 Å². The van der Waals surface area contributed by atoms with Crippen LogP contribution >= 0.6 is 0 Å². The number of aliphatic hydroxyl groups is 1. The van der Waals surface area contributed by atoms with Gasteiger partial charge in [-0.05, 0) is 68.5 Å². The van der Waals surface area contributed by atoms with Crippen LogP contribution in [-0.4, -0.2) is 41.3 Å². The summed E-state index contributed by atoms with van der Waals surface area (Å²) in [5.74, 6) is 1.48. The molecule has 1 saturated carbocycles. The average Bonchev–Trinajstić information content (AvgIpc) is 3.06. The predicted molar refractivity (Wildman–Crippen MR) is 118 cm³/mol. The number of anilines is 2. The van der Waals surface area contributed by atoms with Gasteiger partial charge in [-0.2, -0.15) is 0 Å². The number of aliphatic hydroxyl groups excluding tert-OH is 1. The Balaban J connectivity index is 1.33. The molecule has 160 valence electrons. The fourth-order valence-electron chi connectivity index (χ4n) is 4.22. The van der Waals surface area contributed by atoms with Gasteiger partial charge in [0, 0.05) is 25.0 Å². The van der Waals surface area contributed by atoms with Crippen LogP contribution in [0.5, 0.6) is 5.75 Å².